The van der Waals surface area contributed by atoms with Crippen LogP contribution in [0.2, 0.25) is 0 Å². The molecule has 1 aliphatic rings. The quantitative estimate of drug-likeness (QED) is 0.546. The van der Waals surface area contributed by atoms with E-state index >= 15 is 0 Å². The molecule has 5 heteroatoms. The maximum Gasteiger partial charge on any atom is 0.110 e. The number of thiophene rings is 1. The lowest BCUT2D eigenvalue weighted by Crippen LogP contribution is -2.40. The van der Waals surface area contributed by atoms with Crippen molar-refractivity contribution in [2.75, 3.05) is 20.1 Å². The minimum atomic E-state index is 0.644. The fourth-order valence-electron chi connectivity index (χ4n) is 3.94. The van der Waals surface area contributed by atoms with Crippen molar-refractivity contribution < 1.29 is 0 Å². The molecule has 0 amide bonds. The predicted molar refractivity (Wildman–Crippen MR) is 114 cm³/mol. The first-order chi connectivity index (χ1) is 13.3. The summed E-state index contributed by atoms with van der Waals surface area (Å²) in [5.74, 6) is 0. The molecule has 0 saturated carbocycles. The number of nitrogens with one attached hydrogen (secondary N) is 2. The van der Waals surface area contributed by atoms with Gasteiger partial charge < -0.3 is 10.2 Å². The highest BCUT2D eigenvalue weighted by molar-refractivity contribution is 7.26. The van der Waals surface area contributed by atoms with E-state index in [-0.39, 0.29) is 0 Å². The van der Waals surface area contributed by atoms with E-state index in [1.807, 2.05) is 11.3 Å². The van der Waals surface area contributed by atoms with Gasteiger partial charge in [-0.1, -0.05) is 42.5 Å². The average molecular weight is 377 g/mol. The number of benzene rings is 2. The molecule has 1 saturated heterocycles. The fourth-order valence-corrected chi connectivity index (χ4v) is 5.10. The Kier molecular flexibility index (Phi) is 4.44. The summed E-state index contributed by atoms with van der Waals surface area (Å²) >= 11 is 1.81. The van der Waals surface area contributed by atoms with Gasteiger partial charge in [0, 0.05) is 28.2 Å². The molecule has 4 nitrogen and oxygen atoms in total. The summed E-state index contributed by atoms with van der Waals surface area (Å²) < 4.78 is 2.55. The van der Waals surface area contributed by atoms with Gasteiger partial charge in [0.1, 0.15) is 5.69 Å². The van der Waals surface area contributed by atoms with Crippen LogP contribution in [0.25, 0.3) is 31.6 Å². The van der Waals surface area contributed by atoms with Crippen molar-refractivity contribution in [3.63, 3.8) is 0 Å². The molecule has 0 spiro atoms. The van der Waals surface area contributed by atoms with Crippen LogP contribution in [-0.2, 0) is 6.54 Å². The van der Waals surface area contributed by atoms with E-state index in [0.717, 1.165) is 17.8 Å². The van der Waals surface area contributed by atoms with Crippen LogP contribution in [0.15, 0.2) is 48.5 Å². The highest BCUT2D eigenvalue weighted by atomic mass is 32.1. The van der Waals surface area contributed by atoms with Crippen LogP contribution in [0, 0.1) is 0 Å². The molecular formula is C22H24N4S. The number of aromatic nitrogens is 2. The summed E-state index contributed by atoms with van der Waals surface area (Å²) in [6, 6.07) is 18.0. The highest BCUT2D eigenvalue weighted by Gasteiger charge is 2.16. The standard InChI is InChI=1S/C22H24N4S/c1-26-12-10-17(11-13-26)23-14-15-6-8-16(9-7-15)20-22-21(25-24-20)18-4-2-3-5-19(18)27-22/h2-9,17,23H,10-14H2,1H3,(H,24,25). The van der Waals surface area contributed by atoms with Crippen molar-refractivity contribution in [3.05, 3.63) is 54.1 Å². The number of aromatic amines is 1. The van der Waals surface area contributed by atoms with Crippen LogP contribution in [0.3, 0.4) is 0 Å². The summed E-state index contributed by atoms with van der Waals surface area (Å²) in [6.45, 7) is 3.33. The van der Waals surface area contributed by atoms with Crippen LogP contribution >= 0.6 is 11.3 Å². The molecule has 3 heterocycles. The maximum atomic E-state index is 4.60. The van der Waals surface area contributed by atoms with Crippen molar-refractivity contribution >= 4 is 31.6 Å². The van der Waals surface area contributed by atoms with Gasteiger partial charge in [-0.05, 0) is 44.6 Å². The minimum absolute atomic E-state index is 0.644. The number of hydrogen-bond donors (Lipinski definition) is 2. The smallest absolute Gasteiger partial charge is 0.110 e. The number of fused-ring (bicyclic) bond motifs is 3. The van der Waals surface area contributed by atoms with Gasteiger partial charge in [-0.15, -0.1) is 11.3 Å². The summed E-state index contributed by atoms with van der Waals surface area (Å²) in [4.78, 5) is 2.41. The van der Waals surface area contributed by atoms with Crippen LogP contribution < -0.4 is 5.32 Å². The first-order valence-corrected chi connectivity index (χ1v) is 10.5. The van der Waals surface area contributed by atoms with Gasteiger partial charge in [-0.3, -0.25) is 5.10 Å². The Morgan fingerprint density at radius 1 is 1.11 bits per heavy atom. The topological polar surface area (TPSA) is 44.0 Å². The zero-order valence-electron chi connectivity index (χ0n) is 15.5. The first kappa shape index (κ1) is 16.9. The normalized spacial score (nSPS) is 16.5. The number of rotatable bonds is 4. The van der Waals surface area contributed by atoms with E-state index in [1.165, 1.54) is 51.8 Å². The van der Waals surface area contributed by atoms with Gasteiger partial charge in [0.2, 0.25) is 0 Å². The van der Waals surface area contributed by atoms with Gasteiger partial charge in [0.15, 0.2) is 0 Å². The molecule has 0 atom stereocenters. The first-order valence-electron chi connectivity index (χ1n) is 9.65. The Morgan fingerprint density at radius 3 is 2.70 bits per heavy atom. The zero-order valence-corrected chi connectivity index (χ0v) is 16.4. The van der Waals surface area contributed by atoms with E-state index in [9.17, 15) is 0 Å². The Balaban J connectivity index is 1.33. The molecule has 2 N–H and O–H groups in total. The number of H-pyrrole nitrogens is 1. The van der Waals surface area contributed by atoms with Gasteiger partial charge in [0.25, 0.3) is 0 Å². The second-order valence-corrected chi connectivity index (χ2v) is 8.58. The molecule has 4 aromatic rings. The molecule has 27 heavy (non-hydrogen) atoms. The SMILES string of the molecule is CN1CCC(NCc2ccc(-c3n[nH]c4c3sc3ccccc34)cc2)CC1. The Hall–Kier alpha value is -2.21. The Labute approximate surface area is 163 Å². The largest absolute Gasteiger partial charge is 0.310 e. The van der Waals surface area contributed by atoms with Crippen molar-refractivity contribution in [2.24, 2.45) is 0 Å². The second kappa shape index (κ2) is 7.08. The molecular weight excluding hydrogens is 352 g/mol. The molecule has 2 aromatic carbocycles. The second-order valence-electron chi connectivity index (χ2n) is 7.53. The van der Waals surface area contributed by atoms with Crippen molar-refractivity contribution in [3.8, 4) is 11.3 Å². The summed E-state index contributed by atoms with van der Waals surface area (Å²) in [5, 5.41) is 12.8. The number of hydrogen-bond acceptors (Lipinski definition) is 4. The van der Waals surface area contributed by atoms with Gasteiger partial charge in [-0.25, -0.2) is 0 Å². The summed E-state index contributed by atoms with van der Waals surface area (Å²) in [5.41, 5.74) is 4.72. The molecule has 0 bridgehead atoms. The van der Waals surface area contributed by atoms with Crippen molar-refractivity contribution in [2.45, 2.75) is 25.4 Å². The van der Waals surface area contributed by atoms with Crippen LogP contribution in [0.5, 0.6) is 0 Å². The van der Waals surface area contributed by atoms with E-state index in [0.29, 0.717) is 6.04 Å². The van der Waals surface area contributed by atoms with E-state index < -0.39 is 0 Å². The molecule has 1 fully saturated rings. The van der Waals surface area contributed by atoms with Gasteiger partial charge in [-0.2, -0.15) is 5.10 Å². The summed E-state index contributed by atoms with van der Waals surface area (Å²) in [7, 11) is 2.21. The highest BCUT2D eigenvalue weighted by Crippen LogP contribution is 2.38. The maximum absolute atomic E-state index is 4.60. The lowest BCUT2D eigenvalue weighted by molar-refractivity contribution is 0.234. The molecule has 5 rings (SSSR count). The Bertz CT molecular complexity index is 1060. The molecule has 0 unspecified atom stereocenters. The number of nitrogens with zero attached hydrogens (tertiary/aromatic N) is 2. The van der Waals surface area contributed by atoms with Crippen molar-refractivity contribution in [1.82, 2.24) is 20.4 Å². The van der Waals surface area contributed by atoms with E-state index in [1.54, 1.807) is 0 Å². The monoisotopic (exact) mass is 376 g/mol. The number of likely N-dealkylation sites (tertiary alicyclic amines) is 1. The minimum Gasteiger partial charge on any atom is -0.310 e. The number of piperidine rings is 1. The molecule has 2 aromatic heterocycles. The third-order valence-corrected chi connectivity index (χ3v) is 6.81. The average Bonchev–Trinajstić information content (AvgIpc) is 3.27. The lowest BCUT2D eigenvalue weighted by atomic mass is 10.0. The van der Waals surface area contributed by atoms with Crippen LogP contribution in [0.1, 0.15) is 18.4 Å². The van der Waals surface area contributed by atoms with Crippen LogP contribution in [0.4, 0.5) is 0 Å². The molecule has 1 aliphatic heterocycles. The van der Waals surface area contributed by atoms with Gasteiger partial charge >= 0.3 is 0 Å². The van der Waals surface area contributed by atoms with E-state index in [4.69, 9.17) is 0 Å². The third-order valence-electron chi connectivity index (χ3n) is 5.63. The lowest BCUT2D eigenvalue weighted by Gasteiger charge is -2.29. The molecule has 0 aliphatic carbocycles. The van der Waals surface area contributed by atoms with E-state index in [2.05, 4.69) is 76.0 Å². The van der Waals surface area contributed by atoms with Crippen molar-refractivity contribution in [1.29, 1.82) is 0 Å². The summed E-state index contributed by atoms with van der Waals surface area (Å²) in [6.07, 6.45) is 2.48. The third kappa shape index (κ3) is 3.27. The van der Waals surface area contributed by atoms with Gasteiger partial charge in [0.05, 0.1) is 10.2 Å². The predicted octanol–water partition coefficient (Wildman–Crippen LogP) is 4.63. The zero-order chi connectivity index (χ0) is 18.2. The fraction of sp³-hybridized carbons (Fsp3) is 0.318. The molecule has 0 radical (unpaired) electrons. The Morgan fingerprint density at radius 2 is 1.89 bits per heavy atom. The van der Waals surface area contributed by atoms with Crippen LogP contribution in [-0.4, -0.2) is 41.3 Å². The molecule has 138 valence electrons.